The average Bonchev–Trinajstić information content (AvgIpc) is 1.77. The molecule has 0 amide bonds. The number of β-amino-alcohol motifs (C(OH)–C–C–N with tert-alkyl or cyclic N) is 1. The number of aliphatic hydroxyl groups is 1. The fourth-order valence-corrected chi connectivity index (χ4v) is 1.33. The van der Waals surface area contributed by atoms with E-state index in [1.807, 2.05) is 0 Å². The van der Waals surface area contributed by atoms with E-state index in [1.165, 1.54) is 0 Å². The largest absolute Gasteiger partial charge is 0.386 e. The highest BCUT2D eigenvalue weighted by Gasteiger charge is 2.34. The monoisotopic (exact) mass is 180 g/mol. The van der Waals surface area contributed by atoms with Gasteiger partial charge in [-0.1, -0.05) is 0 Å². The summed E-state index contributed by atoms with van der Waals surface area (Å²) in [6.45, 7) is 1.00. The van der Waals surface area contributed by atoms with E-state index in [1.54, 1.807) is 0 Å². The van der Waals surface area contributed by atoms with Gasteiger partial charge >= 0.3 is 0 Å². The van der Waals surface area contributed by atoms with Crippen molar-refractivity contribution >= 4 is 10.0 Å². The zero-order chi connectivity index (χ0) is 8.54. The third-order valence-electron chi connectivity index (χ3n) is 1.57. The van der Waals surface area contributed by atoms with E-state index < -0.39 is 15.6 Å². The topological polar surface area (TPSA) is 78.4 Å². The molecule has 1 heterocycles. The first-order valence-electron chi connectivity index (χ1n) is 3.29. The molecular weight excluding hydrogens is 168 g/mol. The smallest absolute Gasteiger partial charge is 0.208 e. The van der Waals surface area contributed by atoms with Gasteiger partial charge in [0, 0.05) is 19.6 Å². The average molecular weight is 180 g/mol. The molecule has 1 aliphatic rings. The Morgan fingerprint density at radius 3 is 2.45 bits per heavy atom. The van der Waals surface area contributed by atoms with Crippen molar-refractivity contribution in [1.29, 1.82) is 0 Å². The summed E-state index contributed by atoms with van der Waals surface area (Å²) < 4.78 is 23.4. The van der Waals surface area contributed by atoms with Gasteiger partial charge in [-0.25, -0.2) is 13.1 Å². The van der Waals surface area contributed by atoms with Gasteiger partial charge in [-0.05, 0) is 0 Å². The van der Waals surface area contributed by atoms with E-state index in [-0.39, 0.29) is 6.54 Å². The van der Waals surface area contributed by atoms with Gasteiger partial charge < -0.3 is 10.4 Å². The van der Waals surface area contributed by atoms with Crippen LogP contribution < -0.4 is 10.0 Å². The molecule has 0 aromatic heterocycles. The fourth-order valence-electron chi connectivity index (χ4n) is 0.804. The van der Waals surface area contributed by atoms with Crippen molar-refractivity contribution < 1.29 is 13.5 Å². The lowest BCUT2D eigenvalue weighted by atomic mass is 9.98. The van der Waals surface area contributed by atoms with Gasteiger partial charge in [-0.15, -0.1) is 0 Å². The zero-order valence-electron chi connectivity index (χ0n) is 6.29. The van der Waals surface area contributed by atoms with E-state index in [2.05, 4.69) is 10.0 Å². The van der Waals surface area contributed by atoms with Crippen LogP contribution >= 0.6 is 0 Å². The molecule has 0 spiro atoms. The van der Waals surface area contributed by atoms with Crippen molar-refractivity contribution in [2.24, 2.45) is 0 Å². The van der Waals surface area contributed by atoms with Gasteiger partial charge in [0.2, 0.25) is 10.0 Å². The quantitative estimate of drug-likeness (QED) is 0.463. The minimum Gasteiger partial charge on any atom is -0.386 e. The molecule has 0 aromatic carbocycles. The van der Waals surface area contributed by atoms with Crippen molar-refractivity contribution in [2.45, 2.75) is 5.60 Å². The second-order valence-electron chi connectivity index (χ2n) is 2.92. The molecule has 1 aliphatic heterocycles. The molecule has 0 unspecified atom stereocenters. The van der Waals surface area contributed by atoms with Crippen LogP contribution in [-0.2, 0) is 10.0 Å². The number of rotatable bonds is 3. The highest BCUT2D eigenvalue weighted by Crippen LogP contribution is 2.08. The highest BCUT2D eigenvalue weighted by atomic mass is 32.2. The Hall–Kier alpha value is -0.170. The summed E-state index contributed by atoms with van der Waals surface area (Å²) in [5.41, 5.74) is -0.872. The predicted molar refractivity (Wildman–Crippen MR) is 40.7 cm³/mol. The van der Waals surface area contributed by atoms with E-state index >= 15 is 0 Å². The van der Waals surface area contributed by atoms with E-state index in [0.29, 0.717) is 13.1 Å². The summed E-state index contributed by atoms with van der Waals surface area (Å²) in [6, 6.07) is 0. The molecule has 0 radical (unpaired) electrons. The summed E-state index contributed by atoms with van der Waals surface area (Å²) in [7, 11) is -3.17. The molecule has 5 nitrogen and oxygen atoms in total. The lowest BCUT2D eigenvalue weighted by Crippen LogP contribution is -2.64. The summed E-state index contributed by atoms with van der Waals surface area (Å²) in [5, 5.41) is 12.2. The molecular formula is C5H12N2O3S. The van der Waals surface area contributed by atoms with Crippen molar-refractivity contribution in [2.75, 3.05) is 25.9 Å². The van der Waals surface area contributed by atoms with Crippen LogP contribution in [0.3, 0.4) is 0 Å². The summed E-state index contributed by atoms with van der Waals surface area (Å²) >= 11 is 0. The maximum Gasteiger partial charge on any atom is 0.208 e. The lowest BCUT2D eigenvalue weighted by Gasteiger charge is -2.37. The molecule has 1 fully saturated rings. The second kappa shape index (κ2) is 2.71. The Morgan fingerprint density at radius 1 is 1.64 bits per heavy atom. The third-order valence-corrected chi connectivity index (χ3v) is 2.24. The molecule has 66 valence electrons. The first-order valence-corrected chi connectivity index (χ1v) is 5.18. The van der Waals surface area contributed by atoms with Crippen LogP contribution in [0.2, 0.25) is 0 Å². The molecule has 6 heteroatoms. The SMILES string of the molecule is CS(=O)(=O)NCC1(O)CNC1. The Balaban J connectivity index is 2.33. The second-order valence-corrected chi connectivity index (χ2v) is 4.75. The van der Waals surface area contributed by atoms with Gasteiger partial charge in [0.15, 0.2) is 0 Å². The Morgan fingerprint density at radius 2 is 2.18 bits per heavy atom. The van der Waals surface area contributed by atoms with Gasteiger partial charge in [0.05, 0.1) is 6.26 Å². The van der Waals surface area contributed by atoms with Gasteiger partial charge in [-0.2, -0.15) is 0 Å². The van der Waals surface area contributed by atoms with Crippen LogP contribution in [0.25, 0.3) is 0 Å². The third kappa shape index (κ3) is 2.74. The van der Waals surface area contributed by atoms with Crippen LogP contribution in [-0.4, -0.2) is 45.0 Å². The number of sulfonamides is 1. The zero-order valence-corrected chi connectivity index (χ0v) is 7.11. The molecule has 0 aliphatic carbocycles. The molecule has 0 saturated carbocycles. The molecule has 0 bridgehead atoms. The van der Waals surface area contributed by atoms with Crippen LogP contribution in [0.15, 0.2) is 0 Å². The molecule has 1 saturated heterocycles. The minimum absolute atomic E-state index is 0.0961. The summed E-state index contributed by atoms with van der Waals surface area (Å²) in [5.74, 6) is 0. The van der Waals surface area contributed by atoms with Gasteiger partial charge in [0.25, 0.3) is 0 Å². The Bertz CT molecular complexity index is 232. The lowest BCUT2D eigenvalue weighted by molar-refractivity contribution is -0.00393. The van der Waals surface area contributed by atoms with Crippen molar-refractivity contribution in [3.05, 3.63) is 0 Å². The standard InChI is InChI=1S/C5H12N2O3S/c1-11(9,10)7-4-5(8)2-6-3-5/h6-8H,2-4H2,1H3. The van der Waals surface area contributed by atoms with Crippen LogP contribution in [0.1, 0.15) is 0 Å². The van der Waals surface area contributed by atoms with Crippen LogP contribution in [0, 0.1) is 0 Å². The van der Waals surface area contributed by atoms with Crippen molar-refractivity contribution in [3.63, 3.8) is 0 Å². The Kier molecular flexibility index (Phi) is 2.19. The number of hydrogen-bond donors (Lipinski definition) is 3. The molecule has 0 atom stereocenters. The van der Waals surface area contributed by atoms with E-state index in [0.717, 1.165) is 6.26 Å². The molecule has 0 aromatic rings. The van der Waals surface area contributed by atoms with Crippen molar-refractivity contribution in [3.8, 4) is 0 Å². The van der Waals surface area contributed by atoms with E-state index in [9.17, 15) is 13.5 Å². The van der Waals surface area contributed by atoms with Gasteiger partial charge in [0.1, 0.15) is 5.60 Å². The summed E-state index contributed by atoms with van der Waals surface area (Å²) in [4.78, 5) is 0. The van der Waals surface area contributed by atoms with Crippen molar-refractivity contribution in [1.82, 2.24) is 10.0 Å². The Labute approximate surface area is 65.8 Å². The normalized spacial score (nSPS) is 22.7. The first-order chi connectivity index (χ1) is 4.91. The predicted octanol–water partition coefficient (Wildman–Crippen LogP) is -2.13. The fraction of sp³-hybridized carbons (Fsp3) is 1.00. The summed E-state index contributed by atoms with van der Waals surface area (Å²) in [6.07, 6.45) is 1.07. The number of hydrogen-bond acceptors (Lipinski definition) is 4. The molecule has 3 N–H and O–H groups in total. The first kappa shape index (κ1) is 8.92. The highest BCUT2D eigenvalue weighted by molar-refractivity contribution is 7.88. The molecule has 11 heavy (non-hydrogen) atoms. The maximum atomic E-state index is 10.6. The minimum atomic E-state index is -3.17. The maximum absolute atomic E-state index is 10.6. The van der Waals surface area contributed by atoms with E-state index in [4.69, 9.17) is 0 Å². The van der Waals surface area contributed by atoms with Crippen LogP contribution in [0.5, 0.6) is 0 Å². The van der Waals surface area contributed by atoms with Crippen LogP contribution in [0.4, 0.5) is 0 Å². The molecule has 1 rings (SSSR count). The number of nitrogens with one attached hydrogen (secondary N) is 2. The van der Waals surface area contributed by atoms with Gasteiger partial charge in [-0.3, -0.25) is 0 Å².